The van der Waals surface area contributed by atoms with Gasteiger partial charge in [-0.15, -0.1) is 0 Å². The van der Waals surface area contributed by atoms with Gasteiger partial charge in [0, 0.05) is 11.6 Å². The summed E-state index contributed by atoms with van der Waals surface area (Å²) in [7, 11) is 0. The normalized spacial score (nSPS) is 19.8. The largest absolute Gasteiger partial charge is 0.462 e. The van der Waals surface area contributed by atoms with E-state index in [9.17, 15) is 14.4 Å². The molecule has 2 amide bonds. The molecule has 0 saturated heterocycles. The number of hydrogen-bond donors (Lipinski definition) is 2. The van der Waals surface area contributed by atoms with Crippen molar-refractivity contribution in [2.75, 3.05) is 23.9 Å². The van der Waals surface area contributed by atoms with Gasteiger partial charge in [0.05, 0.1) is 12.2 Å². The first-order chi connectivity index (χ1) is 13.9. The molecule has 0 heterocycles. The van der Waals surface area contributed by atoms with Crippen LogP contribution < -0.4 is 10.6 Å². The van der Waals surface area contributed by atoms with Crippen molar-refractivity contribution in [1.82, 2.24) is 5.32 Å². The van der Waals surface area contributed by atoms with E-state index in [1.54, 1.807) is 43.0 Å². The van der Waals surface area contributed by atoms with Crippen LogP contribution in [0.2, 0.25) is 0 Å². The second-order valence-electron chi connectivity index (χ2n) is 7.59. The van der Waals surface area contributed by atoms with Gasteiger partial charge < -0.3 is 15.4 Å². The topological polar surface area (TPSA) is 84.5 Å². The van der Waals surface area contributed by atoms with E-state index < -0.39 is 12.0 Å². The van der Waals surface area contributed by atoms with E-state index >= 15 is 0 Å². The number of amides is 2. The van der Waals surface area contributed by atoms with E-state index in [1.807, 2.05) is 6.26 Å². The fourth-order valence-corrected chi connectivity index (χ4v) is 3.96. The van der Waals surface area contributed by atoms with Crippen LogP contribution in [0.4, 0.5) is 5.69 Å². The first kappa shape index (κ1) is 23.3. The van der Waals surface area contributed by atoms with Crippen LogP contribution in [0, 0.1) is 11.8 Å². The van der Waals surface area contributed by atoms with E-state index in [1.165, 1.54) is 0 Å². The number of benzene rings is 1. The van der Waals surface area contributed by atoms with E-state index in [0.717, 1.165) is 31.4 Å². The highest BCUT2D eigenvalue weighted by atomic mass is 32.2. The lowest BCUT2D eigenvalue weighted by atomic mass is 9.82. The van der Waals surface area contributed by atoms with Gasteiger partial charge in [-0.2, -0.15) is 11.8 Å². The number of carbonyl (C=O) groups excluding carboxylic acids is 3. The van der Waals surface area contributed by atoms with Crippen LogP contribution in [-0.2, 0) is 14.3 Å². The van der Waals surface area contributed by atoms with Crippen LogP contribution >= 0.6 is 11.8 Å². The monoisotopic (exact) mass is 420 g/mol. The van der Waals surface area contributed by atoms with Crippen molar-refractivity contribution < 1.29 is 19.1 Å². The minimum Gasteiger partial charge on any atom is -0.462 e. The van der Waals surface area contributed by atoms with Crippen molar-refractivity contribution >= 4 is 35.2 Å². The molecule has 29 heavy (non-hydrogen) atoms. The summed E-state index contributed by atoms with van der Waals surface area (Å²) in [6.07, 6.45) is 6.40. The molecule has 1 unspecified atom stereocenters. The lowest BCUT2D eigenvalue weighted by Crippen LogP contribution is -2.46. The maximum Gasteiger partial charge on any atom is 0.338 e. The quantitative estimate of drug-likeness (QED) is 0.593. The lowest BCUT2D eigenvalue weighted by molar-refractivity contribution is -0.130. The number of rotatable bonds is 9. The Morgan fingerprint density at radius 1 is 1.21 bits per heavy atom. The molecule has 1 atom stereocenters. The number of hydrogen-bond acceptors (Lipinski definition) is 5. The second-order valence-corrected chi connectivity index (χ2v) is 8.58. The predicted molar refractivity (Wildman–Crippen MR) is 117 cm³/mol. The summed E-state index contributed by atoms with van der Waals surface area (Å²) in [4.78, 5) is 37.4. The van der Waals surface area contributed by atoms with Crippen LogP contribution in [0.15, 0.2) is 24.3 Å². The highest BCUT2D eigenvalue weighted by Gasteiger charge is 2.28. The highest BCUT2D eigenvalue weighted by Crippen LogP contribution is 2.28. The molecule has 6 nitrogen and oxygen atoms in total. The Bertz CT molecular complexity index is 702. The van der Waals surface area contributed by atoms with E-state index in [0.29, 0.717) is 23.6 Å². The van der Waals surface area contributed by atoms with Gasteiger partial charge in [0.15, 0.2) is 0 Å². The number of thioether (sulfide) groups is 1. The van der Waals surface area contributed by atoms with E-state index in [-0.39, 0.29) is 24.3 Å². The first-order valence-electron chi connectivity index (χ1n) is 10.3. The smallest absolute Gasteiger partial charge is 0.338 e. The van der Waals surface area contributed by atoms with Gasteiger partial charge >= 0.3 is 5.97 Å². The Kier molecular flexibility index (Phi) is 9.51. The molecule has 1 aliphatic carbocycles. The van der Waals surface area contributed by atoms with Crippen LogP contribution in [0.1, 0.15) is 56.3 Å². The van der Waals surface area contributed by atoms with Gasteiger partial charge in [0.1, 0.15) is 6.04 Å². The molecule has 0 radical (unpaired) electrons. The minimum atomic E-state index is -0.597. The van der Waals surface area contributed by atoms with Crippen molar-refractivity contribution in [3.63, 3.8) is 0 Å². The summed E-state index contributed by atoms with van der Waals surface area (Å²) in [6.45, 7) is 4.25. The van der Waals surface area contributed by atoms with Gasteiger partial charge in [-0.25, -0.2) is 4.79 Å². The zero-order valence-electron chi connectivity index (χ0n) is 17.5. The molecular weight excluding hydrogens is 388 g/mol. The maximum atomic E-state index is 12.8. The summed E-state index contributed by atoms with van der Waals surface area (Å²) in [5.74, 6) is 0.700. The van der Waals surface area contributed by atoms with Crippen LogP contribution in [0.25, 0.3) is 0 Å². The Hall–Kier alpha value is -2.02. The summed E-state index contributed by atoms with van der Waals surface area (Å²) in [5, 5.41) is 5.79. The number of ether oxygens (including phenoxy) is 1. The van der Waals surface area contributed by atoms with Crippen LogP contribution in [0.5, 0.6) is 0 Å². The van der Waals surface area contributed by atoms with Gasteiger partial charge in [0.2, 0.25) is 11.8 Å². The van der Waals surface area contributed by atoms with Gasteiger partial charge in [0.25, 0.3) is 0 Å². The third-order valence-electron chi connectivity index (χ3n) is 5.27. The zero-order chi connectivity index (χ0) is 21.2. The fourth-order valence-electron chi connectivity index (χ4n) is 3.48. The number of anilines is 1. The molecule has 0 aliphatic heterocycles. The zero-order valence-corrected chi connectivity index (χ0v) is 18.3. The SMILES string of the molecule is CCOC(=O)c1cccc(NC(=O)C(CCSC)NC(=O)C2CCC(C)CC2)c1. The molecule has 0 aromatic heterocycles. The molecule has 7 heteroatoms. The molecule has 160 valence electrons. The molecule has 1 aromatic carbocycles. The Balaban J connectivity index is 2.02. The van der Waals surface area contributed by atoms with Crippen molar-refractivity contribution in [2.45, 2.75) is 52.0 Å². The molecule has 1 saturated carbocycles. The maximum absolute atomic E-state index is 12.8. The number of carbonyl (C=O) groups is 3. The number of esters is 1. The average molecular weight is 421 g/mol. The van der Waals surface area contributed by atoms with E-state index in [4.69, 9.17) is 4.74 Å². The molecule has 1 fully saturated rings. The number of nitrogens with one attached hydrogen (secondary N) is 2. The minimum absolute atomic E-state index is 0.0112. The van der Waals surface area contributed by atoms with Crippen molar-refractivity contribution in [2.24, 2.45) is 11.8 Å². The molecule has 1 aliphatic rings. The van der Waals surface area contributed by atoms with Crippen LogP contribution in [-0.4, -0.2) is 42.4 Å². The van der Waals surface area contributed by atoms with Gasteiger partial charge in [-0.1, -0.05) is 13.0 Å². The lowest BCUT2D eigenvalue weighted by Gasteiger charge is -2.27. The van der Waals surface area contributed by atoms with Crippen molar-refractivity contribution in [3.05, 3.63) is 29.8 Å². The van der Waals surface area contributed by atoms with Gasteiger partial charge in [-0.3, -0.25) is 9.59 Å². The Morgan fingerprint density at radius 3 is 2.59 bits per heavy atom. The molecule has 2 N–H and O–H groups in total. The highest BCUT2D eigenvalue weighted by molar-refractivity contribution is 7.98. The van der Waals surface area contributed by atoms with E-state index in [2.05, 4.69) is 17.6 Å². The molecule has 1 aromatic rings. The summed E-state index contributed by atoms with van der Waals surface area (Å²) in [6, 6.07) is 6.05. The third kappa shape index (κ3) is 7.38. The summed E-state index contributed by atoms with van der Waals surface area (Å²) < 4.78 is 5.00. The molecular formula is C22H32N2O4S. The molecule has 0 bridgehead atoms. The van der Waals surface area contributed by atoms with Crippen LogP contribution in [0.3, 0.4) is 0 Å². The molecule has 0 spiro atoms. The third-order valence-corrected chi connectivity index (χ3v) is 5.92. The standard InChI is InChI=1S/C22H32N2O4S/c1-4-28-22(27)17-6-5-7-18(14-17)23-21(26)19(12-13-29-3)24-20(25)16-10-8-15(2)9-11-16/h5-7,14-16,19H,4,8-13H2,1-3H3,(H,23,26)(H,24,25). The average Bonchev–Trinajstić information content (AvgIpc) is 2.71. The summed E-state index contributed by atoms with van der Waals surface area (Å²) >= 11 is 1.64. The molecule has 2 rings (SSSR count). The van der Waals surface area contributed by atoms with Crippen molar-refractivity contribution in [3.8, 4) is 0 Å². The van der Waals surface area contributed by atoms with Gasteiger partial charge in [-0.05, 0) is 75.2 Å². The predicted octanol–water partition coefficient (Wildman–Crippen LogP) is 3.87. The Morgan fingerprint density at radius 2 is 1.93 bits per heavy atom. The van der Waals surface area contributed by atoms with Crippen molar-refractivity contribution in [1.29, 1.82) is 0 Å². The fraction of sp³-hybridized carbons (Fsp3) is 0.591. The summed E-state index contributed by atoms with van der Waals surface area (Å²) in [5.41, 5.74) is 0.890. The Labute approximate surface area is 177 Å². The first-order valence-corrected chi connectivity index (χ1v) is 11.7. The second kappa shape index (κ2) is 11.9.